The number of hydrogen-bond donors (Lipinski definition) is 2. The zero-order valence-corrected chi connectivity index (χ0v) is 17.6. The molecule has 0 aliphatic rings. The SMILES string of the molecule is CCOCCOc1ccccc1NC(=O)CNc1ccc(OCCC(C)C)cc1. The summed E-state index contributed by atoms with van der Waals surface area (Å²) >= 11 is 0. The van der Waals surface area contributed by atoms with Gasteiger partial charge in [-0.25, -0.2) is 0 Å². The van der Waals surface area contributed by atoms with Crippen molar-refractivity contribution in [1.82, 2.24) is 0 Å². The van der Waals surface area contributed by atoms with Crippen LogP contribution >= 0.6 is 0 Å². The van der Waals surface area contributed by atoms with E-state index in [0.29, 0.717) is 43.8 Å². The molecular weight excluding hydrogens is 368 g/mol. The number of carbonyl (C=O) groups is 1. The van der Waals surface area contributed by atoms with E-state index >= 15 is 0 Å². The molecule has 158 valence electrons. The van der Waals surface area contributed by atoms with E-state index in [1.165, 1.54) is 0 Å². The van der Waals surface area contributed by atoms with Crippen LogP contribution in [0.4, 0.5) is 11.4 Å². The highest BCUT2D eigenvalue weighted by Gasteiger charge is 2.08. The molecule has 2 aromatic rings. The second-order valence-corrected chi connectivity index (χ2v) is 7.00. The zero-order valence-electron chi connectivity index (χ0n) is 17.6. The molecular formula is C23H32N2O4. The minimum absolute atomic E-state index is 0.150. The normalized spacial score (nSPS) is 10.6. The summed E-state index contributed by atoms with van der Waals surface area (Å²) in [5.74, 6) is 1.93. The number of anilines is 2. The smallest absolute Gasteiger partial charge is 0.243 e. The van der Waals surface area contributed by atoms with E-state index in [4.69, 9.17) is 14.2 Å². The first-order valence-corrected chi connectivity index (χ1v) is 10.1. The number of benzene rings is 2. The standard InChI is InChI=1S/C23H32N2O4/c1-4-27-15-16-29-22-8-6-5-7-21(22)25-23(26)17-24-19-9-11-20(12-10-19)28-14-13-18(2)3/h5-12,18,24H,4,13-17H2,1-3H3,(H,25,26). The number of hydrogen-bond acceptors (Lipinski definition) is 5. The Morgan fingerprint density at radius 1 is 0.966 bits per heavy atom. The predicted octanol–water partition coefficient (Wildman–Crippen LogP) is 4.58. The largest absolute Gasteiger partial charge is 0.494 e. The molecule has 0 aliphatic carbocycles. The summed E-state index contributed by atoms with van der Waals surface area (Å²) in [6.45, 7) is 8.74. The molecule has 29 heavy (non-hydrogen) atoms. The Balaban J connectivity index is 1.78. The molecule has 0 saturated carbocycles. The molecule has 6 nitrogen and oxygen atoms in total. The molecule has 0 atom stereocenters. The van der Waals surface area contributed by atoms with Gasteiger partial charge >= 0.3 is 0 Å². The minimum Gasteiger partial charge on any atom is -0.494 e. The number of para-hydroxylation sites is 2. The van der Waals surface area contributed by atoms with Crippen LogP contribution in [0.5, 0.6) is 11.5 Å². The van der Waals surface area contributed by atoms with Gasteiger partial charge in [-0.3, -0.25) is 4.79 Å². The van der Waals surface area contributed by atoms with Crippen molar-refractivity contribution in [1.29, 1.82) is 0 Å². The van der Waals surface area contributed by atoms with Gasteiger partial charge in [0.1, 0.15) is 18.1 Å². The zero-order chi connectivity index (χ0) is 20.9. The lowest BCUT2D eigenvalue weighted by molar-refractivity contribution is -0.114. The summed E-state index contributed by atoms with van der Waals surface area (Å²) in [7, 11) is 0. The Morgan fingerprint density at radius 2 is 1.72 bits per heavy atom. The molecule has 0 fully saturated rings. The average molecular weight is 401 g/mol. The quantitative estimate of drug-likeness (QED) is 0.482. The van der Waals surface area contributed by atoms with Gasteiger partial charge < -0.3 is 24.8 Å². The minimum atomic E-state index is -0.150. The van der Waals surface area contributed by atoms with Crippen LogP contribution in [0.3, 0.4) is 0 Å². The topological polar surface area (TPSA) is 68.8 Å². The van der Waals surface area contributed by atoms with Gasteiger partial charge in [0.25, 0.3) is 0 Å². The lowest BCUT2D eigenvalue weighted by Gasteiger charge is -2.13. The molecule has 1 amide bonds. The first kappa shape index (κ1) is 22.6. The molecule has 2 aromatic carbocycles. The number of nitrogens with one attached hydrogen (secondary N) is 2. The highest BCUT2D eigenvalue weighted by molar-refractivity contribution is 5.95. The maximum Gasteiger partial charge on any atom is 0.243 e. The fourth-order valence-electron chi connectivity index (χ4n) is 2.51. The molecule has 0 heterocycles. The highest BCUT2D eigenvalue weighted by Crippen LogP contribution is 2.23. The van der Waals surface area contributed by atoms with Gasteiger partial charge in [-0.1, -0.05) is 26.0 Å². The van der Waals surface area contributed by atoms with E-state index in [0.717, 1.165) is 17.9 Å². The molecule has 2 rings (SSSR count). The second-order valence-electron chi connectivity index (χ2n) is 7.00. The molecule has 0 aliphatic heterocycles. The summed E-state index contributed by atoms with van der Waals surface area (Å²) < 4.78 is 16.7. The van der Waals surface area contributed by atoms with Gasteiger partial charge in [0.05, 0.1) is 25.4 Å². The van der Waals surface area contributed by atoms with Gasteiger partial charge in [0, 0.05) is 12.3 Å². The third-order valence-corrected chi connectivity index (χ3v) is 4.12. The number of amides is 1. The number of rotatable bonds is 13. The predicted molar refractivity (Wildman–Crippen MR) is 117 cm³/mol. The third-order valence-electron chi connectivity index (χ3n) is 4.12. The summed E-state index contributed by atoms with van der Waals surface area (Å²) in [4.78, 5) is 12.3. The fraction of sp³-hybridized carbons (Fsp3) is 0.435. The molecule has 0 radical (unpaired) electrons. The Bertz CT molecular complexity index is 732. The molecule has 0 bridgehead atoms. The van der Waals surface area contributed by atoms with Crippen LogP contribution in [0, 0.1) is 5.92 Å². The Morgan fingerprint density at radius 3 is 2.45 bits per heavy atom. The molecule has 0 spiro atoms. The van der Waals surface area contributed by atoms with Gasteiger partial charge in [-0.15, -0.1) is 0 Å². The van der Waals surface area contributed by atoms with E-state index in [9.17, 15) is 4.79 Å². The van der Waals surface area contributed by atoms with Gasteiger partial charge in [-0.2, -0.15) is 0 Å². The van der Waals surface area contributed by atoms with Gasteiger partial charge in [0.2, 0.25) is 5.91 Å². The van der Waals surface area contributed by atoms with Crippen molar-refractivity contribution in [2.75, 3.05) is 43.6 Å². The summed E-state index contributed by atoms with van der Waals surface area (Å²) in [5, 5.41) is 6.00. The van der Waals surface area contributed by atoms with Crippen LogP contribution in [-0.2, 0) is 9.53 Å². The monoisotopic (exact) mass is 400 g/mol. The Hall–Kier alpha value is -2.73. The summed E-state index contributed by atoms with van der Waals surface area (Å²) in [6.07, 6.45) is 1.02. The van der Waals surface area contributed by atoms with Crippen LogP contribution in [0.15, 0.2) is 48.5 Å². The first-order valence-electron chi connectivity index (χ1n) is 10.1. The van der Waals surface area contributed by atoms with Crippen molar-refractivity contribution in [2.24, 2.45) is 5.92 Å². The summed E-state index contributed by atoms with van der Waals surface area (Å²) in [5.41, 5.74) is 1.50. The number of ether oxygens (including phenoxy) is 3. The van der Waals surface area contributed by atoms with Crippen molar-refractivity contribution in [3.05, 3.63) is 48.5 Å². The lowest BCUT2D eigenvalue weighted by atomic mass is 10.1. The van der Waals surface area contributed by atoms with Gasteiger partial charge in [-0.05, 0) is 55.7 Å². The van der Waals surface area contributed by atoms with E-state index < -0.39 is 0 Å². The lowest BCUT2D eigenvalue weighted by Crippen LogP contribution is -2.22. The van der Waals surface area contributed by atoms with Crippen LogP contribution in [0.2, 0.25) is 0 Å². The van der Waals surface area contributed by atoms with Crippen molar-refractivity contribution in [3.8, 4) is 11.5 Å². The van der Waals surface area contributed by atoms with Crippen molar-refractivity contribution < 1.29 is 19.0 Å². The van der Waals surface area contributed by atoms with Crippen LogP contribution < -0.4 is 20.1 Å². The van der Waals surface area contributed by atoms with Crippen molar-refractivity contribution in [3.63, 3.8) is 0 Å². The number of carbonyl (C=O) groups excluding carboxylic acids is 1. The van der Waals surface area contributed by atoms with E-state index in [-0.39, 0.29) is 12.5 Å². The third kappa shape index (κ3) is 8.87. The Labute approximate surface area is 173 Å². The van der Waals surface area contributed by atoms with Crippen LogP contribution in [0.1, 0.15) is 27.2 Å². The Kier molecular flexibility index (Phi) is 9.86. The van der Waals surface area contributed by atoms with E-state index in [1.807, 2.05) is 55.5 Å². The van der Waals surface area contributed by atoms with E-state index in [1.54, 1.807) is 0 Å². The van der Waals surface area contributed by atoms with Crippen LogP contribution in [0.25, 0.3) is 0 Å². The molecule has 6 heteroatoms. The fourth-order valence-corrected chi connectivity index (χ4v) is 2.51. The second kappa shape index (κ2) is 12.7. The van der Waals surface area contributed by atoms with Gasteiger partial charge in [0.15, 0.2) is 0 Å². The van der Waals surface area contributed by atoms with Crippen LogP contribution in [-0.4, -0.2) is 38.9 Å². The molecule has 2 N–H and O–H groups in total. The average Bonchev–Trinajstić information content (AvgIpc) is 2.71. The molecule has 0 saturated heterocycles. The van der Waals surface area contributed by atoms with Crippen molar-refractivity contribution in [2.45, 2.75) is 27.2 Å². The van der Waals surface area contributed by atoms with E-state index in [2.05, 4.69) is 24.5 Å². The van der Waals surface area contributed by atoms with Crippen molar-refractivity contribution >= 4 is 17.3 Å². The first-order chi connectivity index (χ1) is 14.1. The summed E-state index contributed by atoms with van der Waals surface area (Å²) in [6, 6.07) is 15.0. The molecule has 0 aromatic heterocycles. The molecule has 0 unspecified atom stereocenters. The maximum atomic E-state index is 12.3. The maximum absolute atomic E-state index is 12.3. The highest BCUT2D eigenvalue weighted by atomic mass is 16.5.